The first-order valence-corrected chi connectivity index (χ1v) is 19.9. The van der Waals surface area contributed by atoms with Crippen molar-refractivity contribution in [2.24, 2.45) is 0 Å². The largest absolute Gasteiger partial charge is 0.0790 e. The fraction of sp³-hybridized carbons (Fsp3) is 0.579. The van der Waals surface area contributed by atoms with Crippen molar-refractivity contribution in [2.75, 3.05) is 12.3 Å². The van der Waals surface area contributed by atoms with Gasteiger partial charge in [0.25, 0.3) is 0 Å². The minimum Gasteiger partial charge on any atom is -0.0790 e. The van der Waals surface area contributed by atoms with Crippen molar-refractivity contribution < 1.29 is 0 Å². The van der Waals surface area contributed by atoms with E-state index in [4.69, 9.17) is 0 Å². The first kappa shape index (κ1) is 31.7. The second-order valence-corrected chi connectivity index (χ2v) is 18.0. The van der Waals surface area contributed by atoms with Crippen molar-refractivity contribution in [3.05, 3.63) is 81.4 Å². The Kier molecular flexibility index (Phi) is 12.6. The summed E-state index contributed by atoms with van der Waals surface area (Å²) >= 11 is 0. The molecular formula is C38H56P2. The van der Waals surface area contributed by atoms with Gasteiger partial charge < -0.3 is 0 Å². The maximum Gasteiger partial charge on any atom is 0.0210 e. The van der Waals surface area contributed by atoms with Crippen LogP contribution in [0, 0.1) is 0 Å². The molecule has 40 heavy (non-hydrogen) atoms. The number of unbranched alkanes of at least 4 members (excludes halogenated alkanes) is 6. The number of hydrogen-bond donors (Lipinski definition) is 0. The highest BCUT2D eigenvalue weighted by Gasteiger charge is 2.43. The fourth-order valence-electron chi connectivity index (χ4n) is 7.06. The second kappa shape index (κ2) is 15.9. The molecule has 2 aromatic rings. The zero-order valence-electron chi connectivity index (χ0n) is 26.5. The zero-order valence-corrected chi connectivity index (χ0v) is 28.3. The van der Waals surface area contributed by atoms with E-state index in [0.717, 1.165) is 11.3 Å². The molecule has 4 rings (SSSR count). The minimum absolute atomic E-state index is 0.121. The first-order valence-electron chi connectivity index (χ1n) is 16.7. The van der Waals surface area contributed by atoms with E-state index in [2.05, 4.69) is 102 Å². The Morgan fingerprint density at radius 3 is 1.50 bits per heavy atom. The van der Waals surface area contributed by atoms with Crippen molar-refractivity contribution >= 4 is 28.0 Å². The smallest absolute Gasteiger partial charge is 0.0210 e. The highest BCUT2D eigenvalue weighted by atomic mass is 31.1. The van der Waals surface area contributed by atoms with Crippen molar-refractivity contribution in [2.45, 2.75) is 129 Å². The lowest BCUT2D eigenvalue weighted by Crippen LogP contribution is -2.18. The molecular weight excluding hydrogens is 518 g/mol. The Morgan fingerprint density at radius 1 is 0.575 bits per heavy atom. The van der Waals surface area contributed by atoms with Gasteiger partial charge in [0.1, 0.15) is 0 Å². The molecule has 0 N–H and O–H groups in total. The highest BCUT2D eigenvalue weighted by Crippen LogP contribution is 2.69. The molecule has 2 aliphatic rings. The van der Waals surface area contributed by atoms with Crippen molar-refractivity contribution in [1.82, 2.24) is 0 Å². The summed E-state index contributed by atoms with van der Waals surface area (Å²) in [5.74, 6) is 1.03. The fourth-order valence-corrected chi connectivity index (χ4v) is 13.6. The molecule has 0 saturated carbocycles. The summed E-state index contributed by atoms with van der Waals surface area (Å²) < 4.78 is 0. The summed E-state index contributed by atoms with van der Waals surface area (Å²) in [6.07, 6.45) is 21.8. The van der Waals surface area contributed by atoms with E-state index >= 15 is 0 Å². The molecule has 0 heterocycles. The van der Waals surface area contributed by atoms with Crippen LogP contribution in [0.4, 0.5) is 0 Å². The molecule has 4 atom stereocenters. The van der Waals surface area contributed by atoms with Gasteiger partial charge in [-0.2, -0.15) is 0 Å². The van der Waals surface area contributed by atoms with Crippen LogP contribution >= 0.6 is 15.8 Å². The molecule has 2 aromatic carbocycles. The van der Waals surface area contributed by atoms with E-state index in [1.165, 1.54) is 87.7 Å². The van der Waals surface area contributed by atoms with Gasteiger partial charge in [-0.3, -0.25) is 0 Å². The summed E-state index contributed by atoms with van der Waals surface area (Å²) in [6, 6.07) is 18.9. The van der Waals surface area contributed by atoms with Crippen LogP contribution < -0.4 is 0 Å². The van der Waals surface area contributed by atoms with E-state index in [9.17, 15) is 0 Å². The van der Waals surface area contributed by atoms with Gasteiger partial charge in [-0.05, 0) is 82.2 Å². The Morgan fingerprint density at radius 2 is 1.02 bits per heavy atom. The second-order valence-electron chi connectivity index (χ2n) is 12.4. The Labute approximate surface area is 250 Å². The van der Waals surface area contributed by atoms with Crippen LogP contribution in [-0.2, 0) is 0 Å². The molecule has 2 heteroatoms. The number of allylic oxidation sites excluding steroid dienone is 2. The average Bonchev–Trinajstić information content (AvgIpc) is 3.54. The van der Waals surface area contributed by atoms with Gasteiger partial charge in [-0.15, -0.1) is 0 Å². The van der Waals surface area contributed by atoms with Crippen molar-refractivity contribution in [3.8, 4) is 0 Å². The third-order valence-electron chi connectivity index (χ3n) is 9.60. The van der Waals surface area contributed by atoms with E-state index in [0.29, 0.717) is 11.8 Å². The molecule has 4 unspecified atom stereocenters. The monoisotopic (exact) mass is 574 g/mol. The molecule has 0 aliphatic heterocycles. The van der Waals surface area contributed by atoms with Gasteiger partial charge >= 0.3 is 0 Å². The Bertz CT molecular complexity index is 1110. The molecule has 0 amide bonds. The number of benzene rings is 2. The Hall–Kier alpha value is -1.22. The maximum atomic E-state index is 2.69. The first-order chi connectivity index (χ1) is 19.5. The molecule has 2 aliphatic carbocycles. The third kappa shape index (κ3) is 7.22. The third-order valence-corrected chi connectivity index (χ3v) is 16.1. The number of hydrogen-bond acceptors (Lipinski definition) is 0. The van der Waals surface area contributed by atoms with Gasteiger partial charge in [0.2, 0.25) is 0 Å². The van der Waals surface area contributed by atoms with E-state index in [1.54, 1.807) is 16.4 Å². The normalized spacial score (nSPS) is 20.2. The SMILES string of the molecule is CCCCCCP(CCCCCC)C1=Cc2ccccc2C1C1C(P(C(C)CC)C(C)CC)=Cc2ccccc21. The van der Waals surface area contributed by atoms with E-state index < -0.39 is 0 Å². The van der Waals surface area contributed by atoms with Crippen LogP contribution in [0.25, 0.3) is 12.2 Å². The summed E-state index contributed by atoms with van der Waals surface area (Å²) in [4.78, 5) is 0. The molecule has 0 aromatic heterocycles. The van der Waals surface area contributed by atoms with Gasteiger partial charge in [0.05, 0.1) is 0 Å². The van der Waals surface area contributed by atoms with Gasteiger partial charge in [0, 0.05) is 11.8 Å². The predicted octanol–water partition coefficient (Wildman–Crippen LogP) is 13.0. The molecule has 0 bridgehead atoms. The summed E-state index contributed by atoms with van der Waals surface area (Å²) in [6.45, 7) is 14.6. The predicted molar refractivity (Wildman–Crippen MR) is 186 cm³/mol. The summed E-state index contributed by atoms with van der Waals surface area (Å²) in [5.41, 5.74) is 7.76. The Balaban J connectivity index is 1.78. The van der Waals surface area contributed by atoms with Crippen LogP contribution in [0.1, 0.15) is 140 Å². The van der Waals surface area contributed by atoms with Crippen LogP contribution in [0.15, 0.2) is 59.2 Å². The molecule has 0 radical (unpaired) electrons. The quantitative estimate of drug-likeness (QED) is 0.130. The number of rotatable bonds is 17. The molecule has 0 spiro atoms. The number of fused-ring (bicyclic) bond motifs is 2. The van der Waals surface area contributed by atoms with Gasteiger partial charge in [0.15, 0.2) is 0 Å². The maximum absolute atomic E-state index is 2.69. The molecule has 218 valence electrons. The van der Waals surface area contributed by atoms with Crippen LogP contribution in [0.3, 0.4) is 0 Å². The minimum atomic E-state index is -0.205. The topological polar surface area (TPSA) is 0 Å². The van der Waals surface area contributed by atoms with Gasteiger partial charge in [-0.1, -0.05) is 157 Å². The standard InChI is InChI=1S/C38H56P2/c1-7-11-13-19-25-39(26-20-14-12-8-2)35-27-31-21-15-17-23-33(31)37(35)38-34-24-18-16-22-32(34)28-36(38)40(29(5)9-3)30(6)10-4/h15-18,21-24,27-30,37-38H,7-14,19-20,25-26H2,1-6H3. The van der Waals surface area contributed by atoms with Gasteiger partial charge in [-0.25, -0.2) is 0 Å². The summed E-state index contributed by atoms with van der Waals surface area (Å²) in [5, 5.41) is 3.64. The van der Waals surface area contributed by atoms with Crippen molar-refractivity contribution in [3.63, 3.8) is 0 Å². The highest BCUT2D eigenvalue weighted by molar-refractivity contribution is 7.64. The molecule has 0 fully saturated rings. The lowest BCUT2D eigenvalue weighted by molar-refractivity contribution is 0.692. The molecule has 0 saturated heterocycles. The lowest BCUT2D eigenvalue weighted by Gasteiger charge is -2.38. The van der Waals surface area contributed by atoms with Crippen LogP contribution in [-0.4, -0.2) is 23.6 Å². The lowest BCUT2D eigenvalue weighted by atomic mass is 9.84. The van der Waals surface area contributed by atoms with E-state index in [-0.39, 0.29) is 15.8 Å². The molecule has 0 nitrogen and oxygen atoms in total. The summed E-state index contributed by atoms with van der Waals surface area (Å²) in [7, 11) is -0.326. The zero-order chi connectivity index (χ0) is 28.5. The van der Waals surface area contributed by atoms with Crippen molar-refractivity contribution in [1.29, 1.82) is 0 Å². The average molecular weight is 575 g/mol. The van der Waals surface area contributed by atoms with Crippen LogP contribution in [0.2, 0.25) is 0 Å². The van der Waals surface area contributed by atoms with E-state index in [1.807, 2.05) is 5.31 Å². The van der Waals surface area contributed by atoms with Crippen LogP contribution in [0.5, 0.6) is 0 Å².